The summed E-state index contributed by atoms with van der Waals surface area (Å²) in [5.74, 6) is 2.62. The van der Waals surface area contributed by atoms with Crippen LogP contribution < -0.4 is 25.1 Å². The maximum atomic E-state index is 5.47. The molecule has 2 heterocycles. The van der Waals surface area contributed by atoms with Crippen LogP contribution in [0, 0.1) is 13.8 Å². The Balaban J connectivity index is 1.58. The molecule has 4 rings (SSSR count). The van der Waals surface area contributed by atoms with Crippen molar-refractivity contribution in [3.63, 3.8) is 0 Å². The molecule has 0 amide bonds. The van der Waals surface area contributed by atoms with E-state index in [2.05, 4.69) is 53.9 Å². The van der Waals surface area contributed by atoms with E-state index in [1.54, 1.807) is 20.4 Å². The lowest BCUT2D eigenvalue weighted by Crippen LogP contribution is -2.37. The van der Waals surface area contributed by atoms with Crippen LogP contribution >= 0.6 is 0 Å². The van der Waals surface area contributed by atoms with Crippen molar-refractivity contribution >= 4 is 29.7 Å². The minimum absolute atomic E-state index is 0.334. The third-order valence-corrected chi connectivity index (χ3v) is 5.34. The van der Waals surface area contributed by atoms with Gasteiger partial charge in [0.05, 0.1) is 33.6 Å². The molecule has 3 aromatic rings. The number of nitrogens with zero attached hydrogens (tertiary/aromatic N) is 5. The molecular formula is C24H29N7O3. The van der Waals surface area contributed by atoms with Gasteiger partial charge in [0.15, 0.2) is 11.5 Å². The number of hydrogen-bond acceptors (Lipinski definition) is 10. The van der Waals surface area contributed by atoms with Crippen molar-refractivity contribution in [2.45, 2.75) is 13.8 Å². The van der Waals surface area contributed by atoms with Gasteiger partial charge >= 0.3 is 0 Å². The normalized spacial score (nSPS) is 13.7. The lowest BCUT2D eigenvalue weighted by molar-refractivity contribution is 0.122. The van der Waals surface area contributed by atoms with Crippen LogP contribution in [-0.2, 0) is 4.74 Å². The molecule has 1 aromatic heterocycles. The summed E-state index contributed by atoms with van der Waals surface area (Å²) < 4.78 is 16.1. The zero-order valence-electron chi connectivity index (χ0n) is 19.8. The van der Waals surface area contributed by atoms with E-state index in [4.69, 9.17) is 14.2 Å². The number of hydrogen-bond donors (Lipinski definition) is 2. The minimum atomic E-state index is 0.334. The van der Waals surface area contributed by atoms with E-state index in [9.17, 15) is 0 Å². The van der Waals surface area contributed by atoms with Crippen molar-refractivity contribution < 1.29 is 14.2 Å². The fraction of sp³-hybridized carbons (Fsp3) is 0.333. The third-order valence-electron chi connectivity index (χ3n) is 5.34. The van der Waals surface area contributed by atoms with Crippen LogP contribution in [0.1, 0.15) is 16.7 Å². The highest BCUT2D eigenvalue weighted by molar-refractivity contribution is 5.81. The number of aromatic nitrogens is 3. The van der Waals surface area contributed by atoms with Gasteiger partial charge in [-0.1, -0.05) is 12.1 Å². The zero-order chi connectivity index (χ0) is 23.9. The molecule has 2 N–H and O–H groups in total. The lowest BCUT2D eigenvalue weighted by atomic mass is 10.1. The molecular weight excluding hydrogens is 434 g/mol. The molecule has 34 heavy (non-hydrogen) atoms. The van der Waals surface area contributed by atoms with Crippen molar-refractivity contribution in [1.29, 1.82) is 0 Å². The van der Waals surface area contributed by atoms with Crippen molar-refractivity contribution in [2.75, 3.05) is 56.2 Å². The average molecular weight is 464 g/mol. The molecule has 10 nitrogen and oxygen atoms in total. The topological polar surface area (TPSA) is 106 Å². The van der Waals surface area contributed by atoms with Gasteiger partial charge in [0.2, 0.25) is 17.8 Å². The Hall–Kier alpha value is -3.92. The Kier molecular flexibility index (Phi) is 7.38. The lowest BCUT2D eigenvalue weighted by Gasteiger charge is -2.27. The van der Waals surface area contributed by atoms with Crippen LogP contribution in [0.3, 0.4) is 0 Å². The molecule has 1 fully saturated rings. The van der Waals surface area contributed by atoms with E-state index >= 15 is 0 Å². The third kappa shape index (κ3) is 5.70. The summed E-state index contributed by atoms with van der Waals surface area (Å²) in [5, 5.41) is 7.64. The molecule has 0 aliphatic carbocycles. The number of aryl methyl sites for hydroxylation is 2. The number of hydrazone groups is 1. The first kappa shape index (κ1) is 23.2. The summed E-state index contributed by atoms with van der Waals surface area (Å²) in [6.45, 7) is 6.77. The Morgan fingerprint density at radius 3 is 2.47 bits per heavy atom. The minimum Gasteiger partial charge on any atom is -0.493 e. The maximum Gasteiger partial charge on any atom is 0.250 e. The second-order valence-corrected chi connectivity index (χ2v) is 7.81. The first-order valence-corrected chi connectivity index (χ1v) is 11.0. The second kappa shape index (κ2) is 10.8. The summed E-state index contributed by atoms with van der Waals surface area (Å²) in [6.07, 6.45) is 1.66. The van der Waals surface area contributed by atoms with Crippen LogP contribution in [0.2, 0.25) is 0 Å². The van der Waals surface area contributed by atoms with E-state index in [-0.39, 0.29) is 0 Å². The van der Waals surface area contributed by atoms with Gasteiger partial charge < -0.3 is 24.4 Å². The first-order chi connectivity index (χ1) is 16.6. The number of benzene rings is 2. The quantitative estimate of drug-likeness (QED) is 0.383. The number of ether oxygens (including phenoxy) is 3. The molecule has 0 spiro atoms. The van der Waals surface area contributed by atoms with E-state index < -0.39 is 0 Å². The maximum absolute atomic E-state index is 5.47. The monoisotopic (exact) mass is 463 g/mol. The summed E-state index contributed by atoms with van der Waals surface area (Å²) in [4.78, 5) is 15.8. The van der Waals surface area contributed by atoms with Crippen molar-refractivity contribution in [3.8, 4) is 11.5 Å². The number of methoxy groups -OCH3 is 2. The van der Waals surface area contributed by atoms with Gasteiger partial charge in [-0.2, -0.15) is 20.1 Å². The van der Waals surface area contributed by atoms with Gasteiger partial charge in [-0.25, -0.2) is 5.43 Å². The molecule has 0 unspecified atom stereocenters. The van der Waals surface area contributed by atoms with Crippen molar-refractivity contribution in [3.05, 3.63) is 53.1 Å². The van der Waals surface area contributed by atoms with E-state index in [0.29, 0.717) is 55.6 Å². The van der Waals surface area contributed by atoms with Crippen molar-refractivity contribution in [1.82, 2.24) is 15.0 Å². The second-order valence-electron chi connectivity index (χ2n) is 7.81. The summed E-state index contributed by atoms with van der Waals surface area (Å²) in [7, 11) is 3.20. The molecule has 0 bridgehead atoms. The molecule has 0 radical (unpaired) electrons. The molecule has 2 aromatic carbocycles. The molecule has 0 saturated carbocycles. The van der Waals surface area contributed by atoms with Gasteiger partial charge in [0.1, 0.15) is 0 Å². The van der Waals surface area contributed by atoms with E-state index in [1.807, 2.05) is 32.0 Å². The van der Waals surface area contributed by atoms with Gasteiger partial charge in [-0.15, -0.1) is 0 Å². The molecule has 178 valence electrons. The van der Waals surface area contributed by atoms with Gasteiger partial charge in [0.25, 0.3) is 0 Å². The highest BCUT2D eigenvalue weighted by atomic mass is 16.5. The molecule has 0 atom stereocenters. The van der Waals surface area contributed by atoms with Gasteiger partial charge in [0, 0.05) is 18.8 Å². The molecule has 1 aliphatic heterocycles. The number of rotatable bonds is 8. The summed E-state index contributed by atoms with van der Waals surface area (Å²) >= 11 is 0. The van der Waals surface area contributed by atoms with Gasteiger partial charge in [-0.3, -0.25) is 0 Å². The summed E-state index contributed by atoms with van der Waals surface area (Å²) in [6, 6.07) is 11.7. The fourth-order valence-electron chi connectivity index (χ4n) is 3.46. The number of anilines is 4. The largest absolute Gasteiger partial charge is 0.493 e. The van der Waals surface area contributed by atoms with E-state index in [1.165, 1.54) is 0 Å². The molecule has 1 aliphatic rings. The molecule has 1 saturated heterocycles. The standard InChI is InChI=1S/C24H29N7O3/c1-16-5-6-17(2)19(13-16)26-22-27-23(29-24(28-22)31-9-11-34-12-10-31)30-25-15-18-7-8-20(32-3)21(14-18)33-4/h5-8,13-15H,9-12H2,1-4H3,(H2,26,27,28,29,30). The predicted octanol–water partition coefficient (Wildman–Crippen LogP) is 3.53. The predicted molar refractivity (Wildman–Crippen MR) is 133 cm³/mol. The Bertz CT molecular complexity index is 1160. The zero-order valence-corrected chi connectivity index (χ0v) is 19.8. The first-order valence-electron chi connectivity index (χ1n) is 11.0. The summed E-state index contributed by atoms with van der Waals surface area (Å²) in [5.41, 5.74) is 6.95. The molecule has 10 heteroatoms. The highest BCUT2D eigenvalue weighted by Gasteiger charge is 2.17. The fourth-order valence-corrected chi connectivity index (χ4v) is 3.46. The van der Waals surface area contributed by atoms with E-state index in [0.717, 1.165) is 22.4 Å². The van der Waals surface area contributed by atoms with Crippen LogP contribution in [0.25, 0.3) is 0 Å². The Morgan fingerprint density at radius 1 is 0.941 bits per heavy atom. The average Bonchev–Trinajstić information content (AvgIpc) is 2.86. The van der Waals surface area contributed by atoms with Gasteiger partial charge in [-0.05, 0) is 54.8 Å². The SMILES string of the molecule is COc1ccc(C=NNc2nc(Nc3cc(C)ccc3C)nc(N3CCOCC3)n2)cc1OC. The van der Waals surface area contributed by atoms with Crippen LogP contribution in [0.15, 0.2) is 41.5 Å². The van der Waals surface area contributed by atoms with Crippen molar-refractivity contribution in [2.24, 2.45) is 5.10 Å². The van der Waals surface area contributed by atoms with Crippen LogP contribution in [0.5, 0.6) is 11.5 Å². The smallest absolute Gasteiger partial charge is 0.250 e. The Labute approximate surface area is 199 Å². The Morgan fingerprint density at radius 2 is 1.71 bits per heavy atom. The number of nitrogens with one attached hydrogen (secondary N) is 2. The number of morpholine rings is 1. The van der Waals surface area contributed by atoms with Crippen LogP contribution in [-0.4, -0.2) is 61.7 Å². The highest BCUT2D eigenvalue weighted by Crippen LogP contribution is 2.27. The van der Waals surface area contributed by atoms with Crippen LogP contribution in [0.4, 0.5) is 23.5 Å².